The van der Waals surface area contributed by atoms with Gasteiger partial charge in [0.15, 0.2) is 0 Å². The molecule has 0 aromatic heterocycles. The summed E-state index contributed by atoms with van der Waals surface area (Å²) in [5.74, 6) is -0.0176. The summed E-state index contributed by atoms with van der Waals surface area (Å²) < 4.78 is 5.11. The maximum absolute atomic E-state index is 11.2. The first kappa shape index (κ1) is 12.3. The minimum Gasteiger partial charge on any atom is -0.466 e. The first-order chi connectivity index (χ1) is 7.39. The third-order valence-corrected chi connectivity index (χ3v) is 2.70. The van der Waals surface area contributed by atoms with E-state index in [0.717, 1.165) is 19.3 Å². The second kappa shape index (κ2) is 8.51. The summed E-state index contributed by atoms with van der Waals surface area (Å²) in [6.45, 7) is 0.586. The molecule has 1 heterocycles. The molecule has 0 aliphatic carbocycles. The second-order valence-electron chi connectivity index (χ2n) is 4.14. The van der Waals surface area contributed by atoms with Crippen LogP contribution in [0.4, 0.5) is 0 Å². The Hall–Kier alpha value is -0.790. The Morgan fingerprint density at radius 2 is 1.53 bits per heavy atom. The third kappa shape index (κ3) is 7.18. The number of hydrogen-bond acceptors (Lipinski definition) is 2. The van der Waals surface area contributed by atoms with E-state index in [4.69, 9.17) is 4.74 Å². The van der Waals surface area contributed by atoms with Crippen LogP contribution >= 0.6 is 0 Å². The SMILES string of the molecule is O=C1CCCCCCCC=CCCCO1. The Labute approximate surface area is 92.7 Å². The summed E-state index contributed by atoms with van der Waals surface area (Å²) in [7, 11) is 0. The molecule has 0 aromatic carbocycles. The summed E-state index contributed by atoms with van der Waals surface area (Å²) in [5.41, 5.74) is 0. The molecule has 1 rings (SSSR count). The van der Waals surface area contributed by atoms with Crippen LogP contribution in [0.2, 0.25) is 0 Å². The molecule has 15 heavy (non-hydrogen) atoms. The van der Waals surface area contributed by atoms with E-state index in [1.54, 1.807) is 0 Å². The molecule has 0 unspecified atom stereocenters. The third-order valence-electron chi connectivity index (χ3n) is 2.70. The van der Waals surface area contributed by atoms with Gasteiger partial charge in [-0.05, 0) is 32.1 Å². The molecule has 0 spiro atoms. The number of cyclic esters (lactones) is 1. The van der Waals surface area contributed by atoms with Gasteiger partial charge in [-0.25, -0.2) is 0 Å². The van der Waals surface area contributed by atoms with Crippen molar-refractivity contribution in [3.05, 3.63) is 12.2 Å². The molecule has 2 heteroatoms. The van der Waals surface area contributed by atoms with E-state index < -0.39 is 0 Å². The molecule has 86 valence electrons. The standard InChI is InChI=1S/C13H22O2/c14-13-11-9-7-5-3-1-2-4-6-8-10-12-15-13/h4,6H,1-3,5,7-12H2. The zero-order valence-electron chi connectivity index (χ0n) is 9.54. The number of ether oxygens (including phenoxy) is 1. The van der Waals surface area contributed by atoms with E-state index in [1.165, 1.54) is 32.1 Å². The normalized spacial score (nSPS) is 21.7. The summed E-state index contributed by atoms with van der Waals surface area (Å²) in [6, 6.07) is 0. The van der Waals surface area contributed by atoms with Crippen molar-refractivity contribution in [3.8, 4) is 0 Å². The number of esters is 1. The molecule has 0 aromatic rings. The maximum Gasteiger partial charge on any atom is 0.305 e. The van der Waals surface area contributed by atoms with Gasteiger partial charge in [0.1, 0.15) is 0 Å². The van der Waals surface area contributed by atoms with Gasteiger partial charge in [-0.15, -0.1) is 0 Å². The van der Waals surface area contributed by atoms with Crippen LogP contribution in [0.3, 0.4) is 0 Å². The molecular formula is C13H22O2. The largest absolute Gasteiger partial charge is 0.466 e. The summed E-state index contributed by atoms with van der Waals surface area (Å²) in [5, 5.41) is 0. The van der Waals surface area contributed by atoms with Crippen LogP contribution in [0.15, 0.2) is 12.2 Å². The lowest BCUT2D eigenvalue weighted by molar-refractivity contribution is -0.143. The summed E-state index contributed by atoms with van der Waals surface area (Å²) in [6.07, 6.45) is 14.3. The Morgan fingerprint density at radius 3 is 2.40 bits per heavy atom. The Bertz CT molecular complexity index is 197. The van der Waals surface area contributed by atoms with Crippen LogP contribution < -0.4 is 0 Å². The molecule has 0 atom stereocenters. The molecule has 1 aliphatic heterocycles. The number of carbonyl (C=O) groups is 1. The fraction of sp³-hybridized carbons (Fsp3) is 0.769. The van der Waals surface area contributed by atoms with Crippen LogP contribution in [0.5, 0.6) is 0 Å². The van der Waals surface area contributed by atoms with Gasteiger partial charge in [0.05, 0.1) is 6.61 Å². The van der Waals surface area contributed by atoms with Gasteiger partial charge in [0.2, 0.25) is 0 Å². The number of allylic oxidation sites excluding steroid dienone is 2. The van der Waals surface area contributed by atoms with E-state index in [1.807, 2.05) is 0 Å². The Balaban J connectivity index is 2.21. The molecule has 0 bridgehead atoms. The fourth-order valence-electron chi connectivity index (χ4n) is 1.76. The van der Waals surface area contributed by atoms with Gasteiger partial charge in [-0.2, -0.15) is 0 Å². The molecule has 0 saturated heterocycles. The van der Waals surface area contributed by atoms with E-state index in [2.05, 4.69) is 12.2 Å². The van der Waals surface area contributed by atoms with Gasteiger partial charge in [0.25, 0.3) is 0 Å². The van der Waals surface area contributed by atoms with Crippen molar-refractivity contribution in [3.63, 3.8) is 0 Å². The Kier molecular flexibility index (Phi) is 6.97. The van der Waals surface area contributed by atoms with Crippen LogP contribution in [-0.2, 0) is 9.53 Å². The maximum atomic E-state index is 11.2. The highest BCUT2D eigenvalue weighted by Crippen LogP contribution is 2.09. The molecule has 0 saturated carbocycles. The quantitative estimate of drug-likeness (QED) is 0.451. The first-order valence-electron chi connectivity index (χ1n) is 6.20. The van der Waals surface area contributed by atoms with Crippen molar-refractivity contribution in [1.29, 1.82) is 0 Å². The zero-order chi connectivity index (χ0) is 10.8. The molecule has 2 nitrogen and oxygen atoms in total. The van der Waals surface area contributed by atoms with Crippen LogP contribution in [0.25, 0.3) is 0 Å². The van der Waals surface area contributed by atoms with Gasteiger partial charge in [-0.1, -0.05) is 31.4 Å². The van der Waals surface area contributed by atoms with Gasteiger partial charge < -0.3 is 4.74 Å². The fourth-order valence-corrected chi connectivity index (χ4v) is 1.76. The van der Waals surface area contributed by atoms with Crippen LogP contribution in [0.1, 0.15) is 57.8 Å². The van der Waals surface area contributed by atoms with Gasteiger partial charge in [0, 0.05) is 6.42 Å². The average Bonchev–Trinajstić information content (AvgIpc) is 2.24. The van der Waals surface area contributed by atoms with Crippen molar-refractivity contribution in [2.24, 2.45) is 0 Å². The lowest BCUT2D eigenvalue weighted by Crippen LogP contribution is -2.05. The Morgan fingerprint density at radius 1 is 0.867 bits per heavy atom. The monoisotopic (exact) mass is 210 g/mol. The lowest BCUT2D eigenvalue weighted by Gasteiger charge is -2.04. The molecule has 0 amide bonds. The van der Waals surface area contributed by atoms with Crippen molar-refractivity contribution in [1.82, 2.24) is 0 Å². The second-order valence-corrected chi connectivity index (χ2v) is 4.14. The summed E-state index contributed by atoms with van der Waals surface area (Å²) >= 11 is 0. The van der Waals surface area contributed by atoms with Crippen molar-refractivity contribution in [2.75, 3.05) is 6.61 Å². The topological polar surface area (TPSA) is 26.3 Å². The van der Waals surface area contributed by atoms with Crippen molar-refractivity contribution < 1.29 is 9.53 Å². The smallest absolute Gasteiger partial charge is 0.305 e. The zero-order valence-corrected chi connectivity index (χ0v) is 9.54. The predicted octanol–water partition coefficient (Wildman–Crippen LogP) is 3.61. The average molecular weight is 210 g/mol. The first-order valence-corrected chi connectivity index (χ1v) is 6.20. The highest BCUT2D eigenvalue weighted by molar-refractivity contribution is 5.69. The lowest BCUT2D eigenvalue weighted by atomic mass is 10.1. The van der Waals surface area contributed by atoms with Crippen LogP contribution in [0, 0.1) is 0 Å². The minimum atomic E-state index is -0.0176. The van der Waals surface area contributed by atoms with Crippen LogP contribution in [-0.4, -0.2) is 12.6 Å². The highest BCUT2D eigenvalue weighted by atomic mass is 16.5. The van der Waals surface area contributed by atoms with E-state index in [0.29, 0.717) is 13.0 Å². The molecular weight excluding hydrogens is 188 g/mol. The predicted molar refractivity (Wildman–Crippen MR) is 61.7 cm³/mol. The van der Waals surface area contributed by atoms with Crippen molar-refractivity contribution in [2.45, 2.75) is 57.8 Å². The van der Waals surface area contributed by atoms with E-state index in [9.17, 15) is 4.79 Å². The van der Waals surface area contributed by atoms with Gasteiger partial charge in [-0.3, -0.25) is 4.79 Å². The van der Waals surface area contributed by atoms with Crippen molar-refractivity contribution >= 4 is 5.97 Å². The number of rotatable bonds is 0. The highest BCUT2D eigenvalue weighted by Gasteiger charge is 2.02. The number of carbonyl (C=O) groups excluding carboxylic acids is 1. The van der Waals surface area contributed by atoms with E-state index >= 15 is 0 Å². The van der Waals surface area contributed by atoms with E-state index in [-0.39, 0.29) is 5.97 Å². The summed E-state index contributed by atoms with van der Waals surface area (Å²) in [4.78, 5) is 11.2. The molecule has 0 radical (unpaired) electrons. The molecule has 1 aliphatic rings. The molecule has 0 fully saturated rings. The minimum absolute atomic E-state index is 0.0176. The van der Waals surface area contributed by atoms with Gasteiger partial charge >= 0.3 is 5.97 Å². The molecule has 0 N–H and O–H groups in total. The number of hydrogen-bond donors (Lipinski definition) is 0.